The Kier molecular flexibility index (Phi) is 1.44. The van der Waals surface area contributed by atoms with E-state index in [9.17, 15) is 0 Å². The molecule has 0 spiro atoms. The zero-order chi connectivity index (χ0) is 8.22. The first-order valence-electron chi connectivity index (χ1n) is 4.79. The molecule has 0 aromatic carbocycles. The van der Waals surface area contributed by atoms with Crippen LogP contribution in [0.5, 0.6) is 0 Å². The zero-order valence-electron chi connectivity index (χ0n) is 7.80. The number of hydrogen-bond donors (Lipinski definition) is 0. The van der Waals surface area contributed by atoms with Crippen molar-refractivity contribution in [3.63, 3.8) is 0 Å². The van der Waals surface area contributed by atoms with Gasteiger partial charge in [-0.3, -0.25) is 0 Å². The molecular weight excluding hydrogens is 131 g/mol. The van der Waals surface area contributed by atoms with Crippen molar-refractivity contribution >= 4 is 7.85 Å². The molecule has 11 heavy (non-hydrogen) atoms. The Bertz CT molecular complexity index is 174. The molecule has 2 bridgehead atoms. The van der Waals surface area contributed by atoms with Crippen LogP contribution in [0.4, 0.5) is 0 Å². The number of rotatable bonds is 0. The van der Waals surface area contributed by atoms with Gasteiger partial charge in [-0.05, 0) is 29.6 Å². The van der Waals surface area contributed by atoms with Crippen molar-refractivity contribution in [2.45, 2.75) is 39.4 Å². The highest BCUT2D eigenvalue weighted by molar-refractivity contribution is 6.12. The second-order valence-electron chi connectivity index (χ2n) is 5.12. The molecule has 4 atom stereocenters. The molecule has 2 radical (unpaired) electrons. The number of hydrogen-bond acceptors (Lipinski definition) is 0. The molecule has 0 aliphatic heterocycles. The van der Waals surface area contributed by atoms with E-state index in [1.165, 1.54) is 12.8 Å². The molecule has 3 rings (SSSR count). The van der Waals surface area contributed by atoms with Gasteiger partial charge in [0.05, 0.1) is 7.85 Å². The average molecular weight is 148 g/mol. The van der Waals surface area contributed by atoms with Crippen molar-refractivity contribution in [3.8, 4) is 0 Å². The summed E-state index contributed by atoms with van der Waals surface area (Å²) < 4.78 is 0. The summed E-state index contributed by atoms with van der Waals surface area (Å²) in [6, 6.07) is 0. The molecule has 0 aromatic rings. The van der Waals surface area contributed by atoms with Crippen LogP contribution >= 0.6 is 0 Å². The lowest BCUT2D eigenvalue weighted by molar-refractivity contribution is -0.0979. The third-order valence-electron chi connectivity index (χ3n) is 4.41. The Balaban J connectivity index is 2.17. The monoisotopic (exact) mass is 148 g/mol. The van der Waals surface area contributed by atoms with Gasteiger partial charge in [-0.2, -0.15) is 0 Å². The molecule has 0 amide bonds. The quantitative estimate of drug-likeness (QED) is 0.463. The van der Waals surface area contributed by atoms with Crippen molar-refractivity contribution in [2.75, 3.05) is 0 Å². The summed E-state index contributed by atoms with van der Waals surface area (Å²) in [5.74, 6) is 3.09. The molecular formula is C10H17B. The highest BCUT2D eigenvalue weighted by Gasteiger charge is 2.54. The van der Waals surface area contributed by atoms with Crippen LogP contribution in [0.3, 0.4) is 0 Å². The summed E-state index contributed by atoms with van der Waals surface area (Å²) in [7, 11) is 6.02. The van der Waals surface area contributed by atoms with Gasteiger partial charge >= 0.3 is 0 Å². The van der Waals surface area contributed by atoms with Crippen molar-refractivity contribution in [1.82, 2.24) is 0 Å². The third kappa shape index (κ3) is 0.831. The predicted molar refractivity (Wildman–Crippen MR) is 48.7 cm³/mol. The molecule has 3 fully saturated rings. The van der Waals surface area contributed by atoms with Crippen LogP contribution in [0.15, 0.2) is 0 Å². The first kappa shape index (κ1) is 7.70. The maximum atomic E-state index is 6.02. The lowest BCUT2D eigenvalue weighted by atomic mass is 9.41. The molecule has 3 saturated carbocycles. The van der Waals surface area contributed by atoms with Crippen LogP contribution in [0.25, 0.3) is 0 Å². The van der Waals surface area contributed by atoms with Crippen molar-refractivity contribution < 1.29 is 0 Å². The minimum Gasteiger partial charge on any atom is -0.0743 e. The first-order chi connectivity index (χ1) is 5.03. The lowest BCUT2D eigenvalue weighted by Gasteiger charge is -2.62. The third-order valence-corrected chi connectivity index (χ3v) is 4.41. The van der Waals surface area contributed by atoms with Crippen LogP contribution in [0.1, 0.15) is 33.6 Å². The standard InChI is InChI=1S/C10H17B/c1-6-8-4-7(5-9(6)11)10(8,2)3/h6-9H,4-5H2,1-3H3/t6?,7-,8+,9?/m0/s1. The van der Waals surface area contributed by atoms with E-state index in [4.69, 9.17) is 7.85 Å². The minimum atomic E-state index is 0.492. The summed E-state index contributed by atoms with van der Waals surface area (Å²) in [5, 5.41) is 0. The summed E-state index contributed by atoms with van der Waals surface area (Å²) in [6.45, 7) is 7.15. The van der Waals surface area contributed by atoms with Crippen molar-refractivity contribution in [2.24, 2.45) is 23.2 Å². The second kappa shape index (κ2) is 2.05. The molecule has 0 heterocycles. The molecule has 3 aliphatic rings. The fourth-order valence-electron chi connectivity index (χ4n) is 3.19. The Morgan fingerprint density at radius 3 is 2.27 bits per heavy atom. The Morgan fingerprint density at radius 2 is 1.91 bits per heavy atom. The lowest BCUT2D eigenvalue weighted by Crippen LogP contribution is -2.53. The SMILES string of the molecule is [B]C1C[C@@H]2C[C@H](C1C)C2(C)C. The fraction of sp³-hybridized carbons (Fsp3) is 1.00. The molecule has 3 aliphatic carbocycles. The maximum Gasteiger partial charge on any atom is 0.0703 e. The van der Waals surface area contributed by atoms with Crippen molar-refractivity contribution in [1.29, 1.82) is 0 Å². The van der Waals surface area contributed by atoms with E-state index in [0.29, 0.717) is 11.2 Å². The van der Waals surface area contributed by atoms with Gasteiger partial charge in [-0.15, -0.1) is 0 Å². The number of fused-ring (bicyclic) bond motifs is 2. The topological polar surface area (TPSA) is 0 Å². The van der Waals surface area contributed by atoms with Gasteiger partial charge in [0.2, 0.25) is 0 Å². The summed E-state index contributed by atoms with van der Waals surface area (Å²) in [4.78, 5) is 0. The normalized spacial score (nSPS) is 53.4. The first-order valence-corrected chi connectivity index (χ1v) is 4.79. The van der Waals surface area contributed by atoms with Crippen LogP contribution in [0.2, 0.25) is 5.82 Å². The predicted octanol–water partition coefficient (Wildman–Crippen LogP) is 2.65. The second-order valence-corrected chi connectivity index (χ2v) is 5.12. The Labute approximate surface area is 71.2 Å². The molecule has 0 nitrogen and oxygen atoms in total. The van der Waals surface area contributed by atoms with Gasteiger partial charge in [-0.1, -0.05) is 33.0 Å². The molecule has 0 N–H and O–H groups in total. The minimum absolute atomic E-state index is 0.492. The zero-order valence-corrected chi connectivity index (χ0v) is 7.80. The Morgan fingerprint density at radius 1 is 1.27 bits per heavy atom. The molecule has 0 saturated heterocycles. The van der Waals surface area contributed by atoms with Crippen LogP contribution in [-0.4, -0.2) is 7.85 Å². The molecule has 2 unspecified atom stereocenters. The summed E-state index contributed by atoms with van der Waals surface area (Å²) >= 11 is 0. The molecule has 1 heteroatoms. The summed E-state index contributed by atoms with van der Waals surface area (Å²) in [6.07, 6.45) is 2.71. The van der Waals surface area contributed by atoms with E-state index in [1.54, 1.807) is 0 Å². The fourth-order valence-corrected chi connectivity index (χ4v) is 3.19. The van der Waals surface area contributed by atoms with Gasteiger partial charge in [0, 0.05) is 0 Å². The largest absolute Gasteiger partial charge is 0.0743 e. The van der Waals surface area contributed by atoms with E-state index < -0.39 is 0 Å². The Hall–Kier alpha value is 0.0649. The molecule has 0 aromatic heterocycles. The van der Waals surface area contributed by atoms with Gasteiger partial charge in [-0.25, -0.2) is 0 Å². The van der Waals surface area contributed by atoms with Crippen LogP contribution in [0, 0.1) is 23.2 Å². The van der Waals surface area contributed by atoms with Gasteiger partial charge < -0.3 is 0 Å². The van der Waals surface area contributed by atoms with Crippen LogP contribution in [-0.2, 0) is 0 Å². The molecule has 60 valence electrons. The van der Waals surface area contributed by atoms with Crippen molar-refractivity contribution in [3.05, 3.63) is 0 Å². The summed E-state index contributed by atoms with van der Waals surface area (Å²) in [5.41, 5.74) is 0.606. The van der Waals surface area contributed by atoms with Gasteiger partial charge in [0.15, 0.2) is 0 Å². The van der Waals surface area contributed by atoms with Gasteiger partial charge in [0.1, 0.15) is 0 Å². The smallest absolute Gasteiger partial charge is 0.0703 e. The van der Waals surface area contributed by atoms with E-state index in [-0.39, 0.29) is 0 Å². The van der Waals surface area contributed by atoms with Gasteiger partial charge in [0.25, 0.3) is 0 Å². The highest BCUT2D eigenvalue weighted by atomic mass is 14.6. The van der Waals surface area contributed by atoms with E-state index in [0.717, 1.165) is 17.8 Å². The average Bonchev–Trinajstić information content (AvgIpc) is 1.93. The van der Waals surface area contributed by atoms with E-state index >= 15 is 0 Å². The van der Waals surface area contributed by atoms with E-state index in [1.807, 2.05) is 0 Å². The van der Waals surface area contributed by atoms with E-state index in [2.05, 4.69) is 20.8 Å². The maximum absolute atomic E-state index is 6.02. The highest BCUT2D eigenvalue weighted by Crippen LogP contribution is 2.63. The van der Waals surface area contributed by atoms with Crippen LogP contribution < -0.4 is 0 Å².